The minimum Gasteiger partial charge on any atom is -0.509 e. The quantitative estimate of drug-likeness (QED) is 0.134. The van der Waals surface area contributed by atoms with Gasteiger partial charge in [-0.05, 0) is 47.0 Å². The Hall–Kier alpha value is -4.64. The van der Waals surface area contributed by atoms with Crippen LogP contribution in [0.4, 0.5) is 22.7 Å². The Balaban J connectivity index is 0.00000300. The van der Waals surface area contributed by atoms with Gasteiger partial charge in [-0.3, -0.25) is 0 Å². The summed E-state index contributed by atoms with van der Waals surface area (Å²) in [7, 11) is -2.00. The first-order valence-electron chi connectivity index (χ1n) is 14.8. The number of nitrogens with zero attached hydrogens (tertiary/aromatic N) is 4. The number of hydrogen-bond donors (Lipinski definition) is 0. The summed E-state index contributed by atoms with van der Waals surface area (Å²) in [6.07, 6.45) is 1.82. The standard InChI is InChI=1S/C38H27N4OSi.Pt/c1-44(2)35-21-19-28(24-34(35)41-25-40(26-11-4-3-5-12-26)32-15-10-16-36(44)38(32)41)43-27-18-20-30-29-13-6-7-14-31(29)42(33(30)23-27)37-17-8-9-22-39-37;/h3-22,25H,1-2H3;/q-3;. The molecule has 2 aliphatic heterocycles. The molecule has 0 saturated carbocycles. The van der Waals surface area contributed by atoms with Gasteiger partial charge < -0.3 is 19.1 Å². The maximum atomic E-state index is 6.53. The fraction of sp³-hybridized carbons (Fsp3) is 0.0526. The zero-order chi connectivity index (χ0) is 29.4. The van der Waals surface area contributed by atoms with E-state index >= 15 is 0 Å². The number of fused-ring (bicyclic) bond motifs is 5. The third kappa shape index (κ3) is 4.20. The number of hydrogen-bond acceptors (Lipinski definition) is 4. The molecule has 0 saturated heterocycles. The van der Waals surface area contributed by atoms with Crippen molar-refractivity contribution in [3.05, 3.63) is 140 Å². The number of benzene rings is 5. The minimum absolute atomic E-state index is 0. The first kappa shape index (κ1) is 27.9. The van der Waals surface area contributed by atoms with E-state index < -0.39 is 8.07 Å². The van der Waals surface area contributed by atoms with Crippen LogP contribution in [0.3, 0.4) is 0 Å². The molecule has 7 heteroatoms. The molecule has 0 unspecified atom stereocenters. The number of pyridine rings is 1. The molecule has 0 radical (unpaired) electrons. The molecule has 5 nitrogen and oxygen atoms in total. The van der Waals surface area contributed by atoms with Crippen LogP contribution in [0.1, 0.15) is 0 Å². The van der Waals surface area contributed by atoms with E-state index in [0.29, 0.717) is 11.5 Å². The van der Waals surface area contributed by atoms with Crippen LogP contribution in [0.25, 0.3) is 27.6 Å². The molecule has 222 valence electrons. The van der Waals surface area contributed by atoms with Gasteiger partial charge in [-0.15, -0.1) is 41.5 Å². The predicted molar refractivity (Wildman–Crippen MR) is 181 cm³/mol. The summed E-state index contributed by atoms with van der Waals surface area (Å²) in [5.74, 6) is 2.15. The number of ether oxygens (including phenoxy) is 1. The van der Waals surface area contributed by atoms with E-state index in [9.17, 15) is 0 Å². The summed E-state index contributed by atoms with van der Waals surface area (Å²) in [5, 5.41) is 5.04. The molecule has 2 aliphatic rings. The second-order valence-corrected chi connectivity index (χ2v) is 16.1. The molecule has 9 rings (SSSR count). The largest absolute Gasteiger partial charge is 0.509 e. The summed E-state index contributed by atoms with van der Waals surface area (Å²) < 4.78 is 8.68. The zero-order valence-electron chi connectivity index (χ0n) is 24.6. The molecule has 0 spiro atoms. The molecule has 7 aromatic rings. The molecule has 4 heterocycles. The summed E-state index contributed by atoms with van der Waals surface area (Å²) in [6, 6.07) is 47.2. The molecule has 5 aromatic carbocycles. The average molecular weight is 779 g/mol. The fourth-order valence-electron chi connectivity index (χ4n) is 6.82. The Kier molecular flexibility index (Phi) is 6.49. The van der Waals surface area contributed by atoms with E-state index in [1.807, 2.05) is 30.5 Å². The minimum atomic E-state index is -2.00. The van der Waals surface area contributed by atoms with Crippen LogP contribution in [0, 0.1) is 18.8 Å². The van der Waals surface area contributed by atoms with Gasteiger partial charge in [0.15, 0.2) is 0 Å². The number of anilines is 4. The van der Waals surface area contributed by atoms with Crippen LogP contribution in [0.2, 0.25) is 13.1 Å². The first-order valence-corrected chi connectivity index (χ1v) is 17.8. The molecule has 0 atom stereocenters. The molecule has 45 heavy (non-hydrogen) atoms. The van der Waals surface area contributed by atoms with Gasteiger partial charge in [-0.25, -0.2) is 4.98 Å². The van der Waals surface area contributed by atoms with Crippen molar-refractivity contribution >= 4 is 63.0 Å². The number of rotatable bonds is 4. The Morgan fingerprint density at radius 3 is 2.31 bits per heavy atom. The molecule has 0 aliphatic carbocycles. The third-order valence-corrected chi connectivity index (χ3v) is 12.4. The summed E-state index contributed by atoms with van der Waals surface area (Å²) in [4.78, 5) is 9.22. The van der Waals surface area contributed by atoms with Crippen molar-refractivity contribution in [2.75, 3.05) is 9.80 Å². The first-order chi connectivity index (χ1) is 21.6. The summed E-state index contributed by atoms with van der Waals surface area (Å²) in [5.41, 5.74) is 6.65. The monoisotopic (exact) mass is 778 g/mol. The van der Waals surface area contributed by atoms with Gasteiger partial charge in [0.1, 0.15) is 5.82 Å². The van der Waals surface area contributed by atoms with Gasteiger partial charge in [0, 0.05) is 61.3 Å². The SMILES string of the molecule is C[Si]1(C)c2ccc(Oc3[c-]c4c(cc3)c3ccccc3n4-c3ccccn3)[c-]c2N2[CH-]N(c3ccccc3)c3cccc1c32.[Pt]. The van der Waals surface area contributed by atoms with E-state index in [1.165, 1.54) is 21.7 Å². The van der Waals surface area contributed by atoms with E-state index in [-0.39, 0.29) is 21.1 Å². The van der Waals surface area contributed by atoms with Crippen molar-refractivity contribution in [3.63, 3.8) is 0 Å². The van der Waals surface area contributed by atoms with E-state index in [0.717, 1.165) is 39.0 Å². The predicted octanol–water partition coefficient (Wildman–Crippen LogP) is 8.11. The van der Waals surface area contributed by atoms with Gasteiger partial charge in [0.2, 0.25) is 0 Å². The molecule has 0 amide bonds. The van der Waals surface area contributed by atoms with Crippen molar-refractivity contribution < 1.29 is 25.8 Å². The topological polar surface area (TPSA) is 33.5 Å². The van der Waals surface area contributed by atoms with Crippen LogP contribution in [-0.2, 0) is 21.1 Å². The van der Waals surface area contributed by atoms with Crippen LogP contribution < -0.4 is 24.9 Å². The molecule has 0 fully saturated rings. The van der Waals surface area contributed by atoms with Crippen molar-refractivity contribution in [1.29, 1.82) is 0 Å². The summed E-state index contributed by atoms with van der Waals surface area (Å²) in [6.45, 7) is 7.04. The molecule has 2 aromatic heterocycles. The molecule has 0 N–H and O–H groups in total. The Morgan fingerprint density at radius 2 is 1.47 bits per heavy atom. The van der Waals surface area contributed by atoms with Crippen LogP contribution in [0.5, 0.6) is 11.5 Å². The maximum absolute atomic E-state index is 6.53. The van der Waals surface area contributed by atoms with Gasteiger partial charge in [0.05, 0.1) is 8.07 Å². The van der Waals surface area contributed by atoms with Gasteiger partial charge >= 0.3 is 0 Å². The van der Waals surface area contributed by atoms with Crippen molar-refractivity contribution in [3.8, 4) is 17.3 Å². The average Bonchev–Trinajstić information content (AvgIpc) is 3.61. The Labute approximate surface area is 277 Å². The van der Waals surface area contributed by atoms with E-state index in [4.69, 9.17) is 4.74 Å². The van der Waals surface area contributed by atoms with Crippen LogP contribution in [-0.4, -0.2) is 17.6 Å². The van der Waals surface area contributed by atoms with Crippen molar-refractivity contribution in [2.24, 2.45) is 0 Å². The smallest absolute Gasteiger partial charge is 0.135 e. The Morgan fingerprint density at radius 1 is 0.689 bits per heavy atom. The van der Waals surface area contributed by atoms with Crippen LogP contribution >= 0.6 is 0 Å². The van der Waals surface area contributed by atoms with Crippen molar-refractivity contribution in [1.82, 2.24) is 9.55 Å². The molecular weight excluding hydrogens is 752 g/mol. The van der Waals surface area contributed by atoms with E-state index in [1.54, 1.807) is 0 Å². The van der Waals surface area contributed by atoms with Gasteiger partial charge in [0.25, 0.3) is 0 Å². The second kappa shape index (κ2) is 10.5. The maximum Gasteiger partial charge on any atom is 0.135 e. The van der Waals surface area contributed by atoms with Gasteiger partial charge in [-0.1, -0.05) is 78.9 Å². The van der Waals surface area contributed by atoms with E-state index in [2.05, 4.69) is 142 Å². The zero-order valence-corrected chi connectivity index (χ0v) is 27.9. The second-order valence-electron chi connectivity index (χ2n) is 11.8. The molecular formula is C38H27N4OPtSi-3. The summed E-state index contributed by atoms with van der Waals surface area (Å²) >= 11 is 0. The Bertz CT molecular complexity index is 2230. The number of aromatic nitrogens is 2. The number of para-hydroxylation sites is 3. The fourth-order valence-corrected chi connectivity index (χ4v) is 9.74. The van der Waals surface area contributed by atoms with Crippen LogP contribution in [0.15, 0.2) is 121 Å². The normalized spacial score (nSPS) is 14.3. The molecule has 0 bridgehead atoms. The van der Waals surface area contributed by atoms with Crippen molar-refractivity contribution in [2.45, 2.75) is 13.1 Å². The third-order valence-electron chi connectivity index (χ3n) is 8.92. The van der Waals surface area contributed by atoms with Gasteiger partial charge in [-0.2, -0.15) is 12.1 Å².